The van der Waals surface area contributed by atoms with Gasteiger partial charge in [-0.15, -0.1) is 0 Å². The molecule has 0 saturated heterocycles. The van der Waals surface area contributed by atoms with E-state index in [-0.39, 0.29) is 10.5 Å². The minimum absolute atomic E-state index is 0.108. The van der Waals surface area contributed by atoms with E-state index < -0.39 is 0 Å². The van der Waals surface area contributed by atoms with E-state index in [9.17, 15) is 0 Å². The minimum atomic E-state index is 0.108. The van der Waals surface area contributed by atoms with Crippen LogP contribution >= 0.6 is 12.2 Å². The zero-order valence-electron chi connectivity index (χ0n) is 16.7. The molecule has 150 valence electrons. The molecule has 0 unspecified atom stereocenters. The number of nitrogens with two attached hydrogens (primary N) is 1. The van der Waals surface area contributed by atoms with Crippen LogP contribution in [-0.2, 0) is 5.41 Å². The Morgan fingerprint density at radius 3 is 2.36 bits per heavy atom. The molecule has 2 rings (SSSR count). The van der Waals surface area contributed by atoms with Gasteiger partial charge in [0.1, 0.15) is 19.0 Å². The fourth-order valence-electron chi connectivity index (χ4n) is 2.42. The third-order valence-electron chi connectivity index (χ3n) is 3.91. The number of nitrogens with one attached hydrogen (secondary N) is 1. The lowest BCUT2D eigenvalue weighted by Crippen LogP contribution is -2.23. The molecule has 3 N–H and O–H groups in total. The number of hydrogen-bond donors (Lipinski definition) is 2. The first-order valence-electron chi connectivity index (χ1n) is 8.92. The maximum atomic E-state index is 5.77. The molecule has 0 spiro atoms. The van der Waals surface area contributed by atoms with Crippen LogP contribution in [0.25, 0.3) is 0 Å². The Balaban J connectivity index is 1.86. The number of nitrogens with zero attached hydrogens (tertiary/aromatic N) is 1. The largest absolute Gasteiger partial charge is 0.493 e. The quantitative estimate of drug-likeness (QED) is 0.304. The van der Waals surface area contributed by atoms with E-state index in [1.165, 1.54) is 5.56 Å². The Morgan fingerprint density at radius 1 is 1.07 bits per heavy atom. The van der Waals surface area contributed by atoms with Crippen LogP contribution in [0.4, 0.5) is 0 Å². The van der Waals surface area contributed by atoms with Gasteiger partial charge < -0.3 is 19.9 Å². The summed E-state index contributed by atoms with van der Waals surface area (Å²) in [5.41, 5.74) is 10.0. The lowest BCUT2D eigenvalue weighted by atomic mass is 9.87. The molecular weight excluding hydrogens is 374 g/mol. The van der Waals surface area contributed by atoms with Crippen molar-refractivity contribution in [2.24, 2.45) is 10.8 Å². The summed E-state index contributed by atoms with van der Waals surface area (Å²) in [6, 6.07) is 13.6. The minimum Gasteiger partial charge on any atom is -0.493 e. The van der Waals surface area contributed by atoms with E-state index in [2.05, 4.69) is 43.4 Å². The van der Waals surface area contributed by atoms with Gasteiger partial charge in [-0.05, 0) is 59.1 Å². The SMILES string of the molecule is COc1cc(/C=N\NC(N)=S)ccc1OCCOc1ccc(C(C)(C)C)cc1. The lowest BCUT2D eigenvalue weighted by Gasteiger charge is -2.19. The molecule has 0 aliphatic carbocycles. The molecule has 6 nitrogen and oxygen atoms in total. The van der Waals surface area contributed by atoms with Gasteiger partial charge in [-0.3, -0.25) is 5.43 Å². The molecule has 2 aromatic rings. The topological polar surface area (TPSA) is 78.1 Å². The molecule has 0 fully saturated rings. The van der Waals surface area contributed by atoms with Crippen LogP contribution in [0.15, 0.2) is 47.6 Å². The summed E-state index contributed by atoms with van der Waals surface area (Å²) < 4.78 is 16.9. The highest BCUT2D eigenvalue weighted by Crippen LogP contribution is 2.28. The molecule has 0 aromatic heterocycles. The van der Waals surface area contributed by atoms with Crippen LogP contribution in [0, 0.1) is 0 Å². The maximum Gasteiger partial charge on any atom is 0.184 e. The molecule has 0 aliphatic rings. The van der Waals surface area contributed by atoms with Crippen molar-refractivity contribution in [2.75, 3.05) is 20.3 Å². The van der Waals surface area contributed by atoms with Crippen LogP contribution in [0.2, 0.25) is 0 Å². The van der Waals surface area contributed by atoms with Gasteiger partial charge in [0.25, 0.3) is 0 Å². The molecule has 0 saturated carbocycles. The van der Waals surface area contributed by atoms with Crippen molar-refractivity contribution >= 4 is 23.5 Å². The first-order chi connectivity index (χ1) is 13.3. The average Bonchev–Trinajstić information content (AvgIpc) is 2.65. The summed E-state index contributed by atoms with van der Waals surface area (Å²) in [6.07, 6.45) is 1.59. The van der Waals surface area contributed by atoms with Crippen molar-refractivity contribution in [3.8, 4) is 17.2 Å². The van der Waals surface area contributed by atoms with Gasteiger partial charge in [0.2, 0.25) is 0 Å². The van der Waals surface area contributed by atoms with Crippen molar-refractivity contribution in [1.29, 1.82) is 0 Å². The predicted octanol–water partition coefficient (Wildman–Crippen LogP) is 3.62. The monoisotopic (exact) mass is 401 g/mol. The van der Waals surface area contributed by atoms with Crippen molar-refractivity contribution in [1.82, 2.24) is 5.43 Å². The summed E-state index contributed by atoms with van der Waals surface area (Å²) in [5, 5.41) is 4.03. The summed E-state index contributed by atoms with van der Waals surface area (Å²) in [6.45, 7) is 7.38. The fraction of sp³-hybridized carbons (Fsp3) is 0.333. The Morgan fingerprint density at radius 2 is 1.75 bits per heavy atom. The maximum absolute atomic E-state index is 5.77. The second-order valence-electron chi connectivity index (χ2n) is 7.12. The molecule has 2 aromatic carbocycles. The molecule has 0 aliphatic heterocycles. The Bertz CT molecular complexity index is 815. The van der Waals surface area contributed by atoms with Crippen LogP contribution in [-0.4, -0.2) is 31.7 Å². The average molecular weight is 402 g/mol. The smallest absolute Gasteiger partial charge is 0.184 e. The third-order valence-corrected chi connectivity index (χ3v) is 4.00. The first kappa shape index (κ1) is 21.5. The number of ether oxygens (including phenoxy) is 3. The van der Waals surface area contributed by atoms with Gasteiger partial charge in [0.15, 0.2) is 16.6 Å². The number of benzene rings is 2. The number of thiocarbonyl (C=S) groups is 1. The summed E-state index contributed by atoms with van der Waals surface area (Å²) >= 11 is 4.69. The standard InChI is InChI=1S/C21H27N3O3S/c1-21(2,3)16-6-8-17(9-7-16)26-11-12-27-18-10-5-15(13-19(18)25-4)14-23-24-20(22)28/h5-10,13-14H,11-12H2,1-4H3,(H3,22,24,28)/b23-14-. The molecule has 0 atom stereocenters. The van der Waals surface area contributed by atoms with E-state index in [0.717, 1.165) is 11.3 Å². The first-order valence-corrected chi connectivity index (χ1v) is 9.33. The number of rotatable bonds is 8. The summed E-state index contributed by atoms with van der Waals surface area (Å²) in [7, 11) is 1.59. The van der Waals surface area contributed by atoms with E-state index in [1.807, 2.05) is 30.3 Å². The number of hydrogen-bond acceptors (Lipinski definition) is 5. The molecule has 7 heteroatoms. The zero-order chi connectivity index (χ0) is 20.6. The van der Waals surface area contributed by atoms with Crippen molar-refractivity contribution in [2.45, 2.75) is 26.2 Å². The Hall–Kier alpha value is -2.80. The zero-order valence-corrected chi connectivity index (χ0v) is 17.5. The molecule has 0 radical (unpaired) electrons. The van der Waals surface area contributed by atoms with Crippen molar-refractivity contribution in [3.63, 3.8) is 0 Å². The second kappa shape index (κ2) is 9.94. The van der Waals surface area contributed by atoms with Crippen LogP contribution in [0.1, 0.15) is 31.9 Å². The molecule has 0 heterocycles. The van der Waals surface area contributed by atoms with Gasteiger partial charge in [0, 0.05) is 0 Å². The van der Waals surface area contributed by atoms with Crippen LogP contribution < -0.4 is 25.4 Å². The van der Waals surface area contributed by atoms with Gasteiger partial charge >= 0.3 is 0 Å². The van der Waals surface area contributed by atoms with Crippen LogP contribution in [0.3, 0.4) is 0 Å². The summed E-state index contributed by atoms with van der Waals surface area (Å²) in [4.78, 5) is 0. The highest BCUT2D eigenvalue weighted by Gasteiger charge is 2.13. The van der Waals surface area contributed by atoms with Crippen molar-refractivity contribution < 1.29 is 14.2 Å². The fourth-order valence-corrected chi connectivity index (χ4v) is 2.47. The predicted molar refractivity (Wildman–Crippen MR) is 117 cm³/mol. The van der Waals surface area contributed by atoms with Crippen LogP contribution in [0.5, 0.6) is 17.2 Å². The number of hydrazone groups is 1. The molecule has 0 amide bonds. The van der Waals surface area contributed by atoms with Gasteiger partial charge in [-0.2, -0.15) is 5.10 Å². The van der Waals surface area contributed by atoms with Gasteiger partial charge in [-0.1, -0.05) is 32.9 Å². The molecule has 28 heavy (non-hydrogen) atoms. The Kier molecular flexibility index (Phi) is 7.63. The van der Waals surface area contributed by atoms with E-state index in [0.29, 0.717) is 24.7 Å². The van der Waals surface area contributed by atoms with Gasteiger partial charge in [-0.25, -0.2) is 0 Å². The third kappa shape index (κ3) is 6.74. The highest BCUT2D eigenvalue weighted by molar-refractivity contribution is 7.80. The normalized spacial score (nSPS) is 11.3. The van der Waals surface area contributed by atoms with E-state index >= 15 is 0 Å². The number of methoxy groups -OCH3 is 1. The highest BCUT2D eigenvalue weighted by atomic mass is 32.1. The van der Waals surface area contributed by atoms with E-state index in [1.54, 1.807) is 13.3 Å². The second-order valence-corrected chi connectivity index (χ2v) is 7.56. The lowest BCUT2D eigenvalue weighted by molar-refractivity contribution is 0.211. The van der Waals surface area contributed by atoms with Gasteiger partial charge in [0.05, 0.1) is 13.3 Å². The van der Waals surface area contributed by atoms with E-state index in [4.69, 9.17) is 32.2 Å². The molecule has 0 bridgehead atoms. The molecular formula is C21H27N3O3S. The Labute approximate surface area is 171 Å². The van der Waals surface area contributed by atoms with Crippen molar-refractivity contribution in [3.05, 3.63) is 53.6 Å². The summed E-state index contributed by atoms with van der Waals surface area (Å²) in [5.74, 6) is 2.06.